The van der Waals surface area contributed by atoms with Crippen molar-refractivity contribution in [1.82, 2.24) is 9.80 Å². The third-order valence-corrected chi connectivity index (χ3v) is 6.68. The maximum absolute atomic E-state index is 12.8. The minimum Gasteiger partial charge on any atom is -0.448 e. The summed E-state index contributed by atoms with van der Waals surface area (Å²) in [5.74, 6) is 0.950. The van der Waals surface area contributed by atoms with E-state index in [2.05, 4.69) is 5.32 Å². The van der Waals surface area contributed by atoms with Crippen LogP contribution < -0.4 is 14.8 Å². The molecule has 1 spiro atoms. The van der Waals surface area contributed by atoms with E-state index in [4.69, 9.17) is 9.47 Å². The van der Waals surface area contributed by atoms with E-state index in [1.807, 2.05) is 28.0 Å². The highest BCUT2D eigenvalue weighted by atomic mass is 16.7. The lowest BCUT2D eigenvalue weighted by Crippen LogP contribution is -2.47. The second kappa shape index (κ2) is 7.43. The van der Waals surface area contributed by atoms with Crippen LogP contribution in [0.3, 0.4) is 0 Å². The Hall–Kier alpha value is -2.44. The number of hydrogen-bond acceptors (Lipinski definition) is 4. The van der Waals surface area contributed by atoms with Crippen molar-refractivity contribution in [2.75, 3.05) is 31.5 Å². The molecule has 3 aliphatic heterocycles. The minimum absolute atomic E-state index is 0.0210. The number of ether oxygens (including phenoxy) is 2. The van der Waals surface area contributed by atoms with Gasteiger partial charge in [0.25, 0.3) is 5.79 Å². The van der Waals surface area contributed by atoms with Crippen molar-refractivity contribution in [2.24, 2.45) is 5.92 Å². The zero-order valence-electron chi connectivity index (χ0n) is 16.8. The molecule has 1 aliphatic carbocycles. The smallest absolute Gasteiger partial charge is 0.319 e. The van der Waals surface area contributed by atoms with E-state index in [9.17, 15) is 9.59 Å². The van der Waals surface area contributed by atoms with Gasteiger partial charge in [0.1, 0.15) is 0 Å². The molecule has 3 heterocycles. The molecule has 4 aliphatic rings. The predicted octanol–water partition coefficient (Wildman–Crippen LogP) is 3.59. The molecule has 3 fully saturated rings. The van der Waals surface area contributed by atoms with Gasteiger partial charge in [-0.1, -0.05) is 0 Å². The molecule has 2 saturated heterocycles. The molecule has 0 radical (unpaired) electrons. The molecule has 3 amide bonds. The van der Waals surface area contributed by atoms with Crippen LogP contribution in [0.15, 0.2) is 18.2 Å². The number of amides is 3. The van der Waals surface area contributed by atoms with Crippen molar-refractivity contribution >= 4 is 17.6 Å². The first-order chi connectivity index (χ1) is 14.1. The maximum atomic E-state index is 12.8. The Morgan fingerprint density at radius 3 is 2.28 bits per heavy atom. The highest BCUT2D eigenvalue weighted by Gasteiger charge is 2.44. The molecule has 29 heavy (non-hydrogen) atoms. The fourth-order valence-corrected chi connectivity index (χ4v) is 4.98. The summed E-state index contributed by atoms with van der Waals surface area (Å²) in [6.45, 7) is 3.03. The fraction of sp³-hybridized carbons (Fsp3) is 0.636. The number of carbonyl (C=O) groups is 2. The first kappa shape index (κ1) is 18.6. The minimum atomic E-state index is -0.486. The summed E-state index contributed by atoms with van der Waals surface area (Å²) >= 11 is 0. The summed E-state index contributed by atoms with van der Waals surface area (Å²) < 4.78 is 12.1. The number of fused-ring (bicyclic) bond motifs is 1. The van der Waals surface area contributed by atoms with Crippen molar-refractivity contribution in [3.63, 3.8) is 0 Å². The van der Waals surface area contributed by atoms with Crippen LogP contribution in [0.4, 0.5) is 10.5 Å². The Morgan fingerprint density at radius 1 is 0.897 bits per heavy atom. The molecule has 1 saturated carbocycles. The summed E-state index contributed by atoms with van der Waals surface area (Å²) in [6, 6.07) is 5.76. The van der Waals surface area contributed by atoms with E-state index in [0.717, 1.165) is 68.8 Å². The lowest BCUT2D eigenvalue weighted by atomic mass is 9.96. The third kappa shape index (κ3) is 3.63. The molecule has 0 unspecified atom stereocenters. The topological polar surface area (TPSA) is 71.1 Å². The average Bonchev–Trinajstić information content (AvgIpc) is 3.48. The Balaban J connectivity index is 1.15. The molecule has 7 heteroatoms. The highest BCUT2D eigenvalue weighted by Crippen LogP contribution is 2.47. The van der Waals surface area contributed by atoms with Gasteiger partial charge in [-0.05, 0) is 50.7 Å². The fourth-order valence-electron chi connectivity index (χ4n) is 4.98. The molecule has 0 atom stereocenters. The molecule has 5 rings (SSSR count). The van der Waals surface area contributed by atoms with Crippen molar-refractivity contribution in [1.29, 1.82) is 0 Å². The van der Waals surface area contributed by atoms with Crippen LogP contribution >= 0.6 is 0 Å². The summed E-state index contributed by atoms with van der Waals surface area (Å²) in [5.41, 5.74) is 0.739. The highest BCUT2D eigenvalue weighted by molar-refractivity contribution is 5.93. The van der Waals surface area contributed by atoms with Crippen molar-refractivity contribution in [2.45, 2.75) is 57.2 Å². The Morgan fingerprint density at radius 2 is 1.55 bits per heavy atom. The quantitative estimate of drug-likeness (QED) is 0.825. The van der Waals surface area contributed by atoms with E-state index in [-0.39, 0.29) is 17.9 Å². The number of urea groups is 1. The molecule has 1 aromatic carbocycles. The molecular weight excluding hydrogens is 370 g/mol. The van der Waals surface area contributed by atoms with Gasteiger partial charge in [-0.2, -0.15) is 0 Å². The van der Waals surface area contributed by atoms with E-state index >= 15 is 0 Å². The van der Waals surface area contributed by atoms with Gasteiger partial charge >= 0.3 is 6.03 Å². The molecular formula is C22H29N3O4. The number of hydrogen-bond donors (Lipinski definition) is 1. The number of carbonyl (C=O) groups excluding carboxylic acids is 2. The molecule has 1 aromatic rings. The number of nitrogens with one attached hydrogen (secondary N) is 1. The van der Waals surface area contributed by atoms with Gasteiger partial charge in [-0.25, -0.2) is 4.79 Å². The second-order valence-electron chi connectivity index (χ2n) is 8.71. The first-order valence-corrected chi connectivity index (χ1v) is 11.0. The summed E-state index contributed by atoms with van der Waals surface area (Å²) in [6.07, 6.45) is 7.68. The zero-order chi connectivity index (χ0) is 19.8. The van der Waals surface area contributed by atoms with Crippen molar-refractivity contribution in [3.8, 4) is 11.5 Å². The van der Waals surface area contributed by atoms with Crippen LogP contribution in [0, 0.1) is 5.92 Å². The number of benzene rings is 1. The van der Waals surface area contributed by atoms with E-state index < -0.39 is 5.79 Å². The summed E-state index contributed by atoms with van der Waals surface area (Å²) in [7, 11) is 0. The number of nitrogens with zero attached hydrogens (tertiary/aromatic N) is 2. The summed E-state index contributed by atoms with van der Waals surface area (Å²) in [5, 5.41) is 3.03. The lowest BCUT2D eigenvalue weighted by Gasteiger charge is -2.34. The van der Waals surface area contributed by atoms with Crippen LogP contribution in [-0.4, -0.2) is 53.7 Å². The molecule has 0 aromatic heterocycles. The average molecular weight is 399 g/mol. The molecule has 1 N–H and O–H groups in total. The van der Waals surface area contributed by atoms with Crippen molar-refractivity contribution in [3.05, 3.63) is 18.2 Å². The van der Waals surface area contributed by atoms with Gasteiger partial charge in [0.15, 0.2) is 11.5 Å². The Bertz CT molecular complexity index is 791. The lowest BCUT2D eigenvalue weighted by molar-refractivity contribution is -0.121. The van der Waals surface area contributed by atoms with E-state index in [1.54, 1.807) is 0 Å². The van der Waals surface area contributed by atoms with Gasteiger partial charge in [0.05, 0.1) is 0 Å². The van der Waals surface area contributed by atoms with Gasteiger partial charge in [0.2, 0.25) is 5.91 Å². The van der Waals surface area contributed by atoms with E-state index in [0.29, 0.717) is 25.9 Å². The van der Waals surface area contributed by atoms with E-state index in [1.165, 1.54) is 0 Å². The molecule has 156 valence electrons. The maximum Gasteiger partial charge on any atom is 0.319 e. The van der Waals surface area contributed by atoms with Gasteiger partial charge in [0, 0.05) is 56.7 Å². The largest absolute Gasteiger partial charge is 0.448 e. The number of piperidine rings is 1. The van der Waals surface area contributed by atoms with Crippen LogP contribution in [0.5, 0.6) is 11.5 Å². The zero-order valence-corrected chi connectivity index (χ0v) is 16.8. The second-order valence-corrected chi connectivity index (χ2v) is 8.71. The number of anilines is 1. The van der Waals surface area contributed by atoms with Crippen LogP contribution in [0.1, 0.15) is 51.4 Å². The van der Waals surface area contributed by atoms with Crippen LogP contribution in [0.25, 0.3) is 0 Å². The normalized spacial score (nSPS) is 23.0. The standard InChI is InChI=1S/C22H29N3O4/c26-20(16-7-13-25(14-8-16)21(27)24-11-3-4-12-24)23-17-5-6-18-19(15-17)29-22(28-18)9-1-2-10-22/h5-6,15-16H,1-4,7-14H2,(H,23,26). The Kier molecular flexibility index (Phi) is 4.76. The third-order valence-electron chi connectivity index (χ3n) is 6.68. The molecule has 0 bridgehead atoms. The van der Waals surface area contributed by atoms with Gasteiger partial charge in [-0.3, -0.25) is 4.79 Å². The predicted molar refractivity (Wildman–Crippen MR) is 108 cm³/mol. The van der Waals surface area contributed by atoms with Gasteiger partial charge in [-0.15, -0.1) is 0 Å². The van der Waals surface area contributed by atoms with Gasteiger partial charge < -0.3 is 24.6 Å². The van der Waals surface area contributed by atoms with Crippen molar-refractivity contribution < 1.29 is 19.1 Å². The molecule has 7 nitrogen and oxygen atoms in total. The Labute approximate surface area is 171 Å². The number of rotatable bonds is 2. The monoisotopic (exact) mass is 399 g/mol. The number of likely N-dealkylation sites (tertiary alicyclic amines) is 2. The first-order valence-electron chi connectivity index (χ1n) is 11.0. The van der Waals surface area contributed by atoms with Crippen LogP contribution in [-0.2, 0) is 4.79 Å². The summed E-state index contributed by atoms with van der Waals surface area (Å²) in [4.78, 5) is 29.1. The SMILES string of the molecule is O=C(Nc1ccc2c(c1)OC1(CCCC1)O2)C1CCN(C(=O)N2CCCC2)CC1. The van der Waals surface area contributed by atoms with Crippen LogP contribution in [0.2, 0.25) is 0 Å².